The Hall–Kier alpha value is -3.94. The van der Waals surface area contributed by atoms with Crippen molar-refractivity contribution in [1.82, 2.24) is 9.80 Å². The molecular formula is C34H37N3O3S. The average Bonchev–Trinajstić information content (AvgIpc) is 2.99. The molecule has 0 spiro atoms. The first-order valence-electron chi connectivity index (χ1n) is 14.0. The molecule has 1 amide bonds. The van der Waals surface area contributed by atoms with Gasteiger partial charge in [-0.2, -0.15) is 0 Å². The molecule has 4 aromatic rings. The zero-order chi connectivity index (χ0) is 29.0. The molecule has 5 rings (SSSR count). The summed E-state index contributed by atoms with van der Waals surface area (Å²) in [4.78, 5) is 18.1. The first-order valence-corrected chi connectivity index (χ1v) is 15.5. The van der Waals surface area contributed by atoms with E-state index in [0.717, 1.165) is 16.7 Å². The van der Waals surface area contributed by atoms with Gasteiger partial charge in [-0.3, -0.25) is 14.0 Å². The highest BCUT2D eigenvalue weighted by molar-refractivity contribution is 7.92. The molecule has 212 valence electrons. The maximum Gasteiger partial charge on any atom is 0.264 e. The predicted octanol–water partition coefficient (Wildman–Crippen LogP) is 5.74. The van der Waals surface area contributed by atoms with E-state index >= 15 is 0 Å². The van der Waals surface area contributed by atoms with Gasteiger partial charge in [-0.25, -0.2) is 8.42 Å². The molecule has 0 N–H and O–H groups in total. The first-order chi connectivity index (χ1) is 19.7. The van der Waals surface area contributed by atoms with E-state index in [1.54, 1.807) is 35.2 Å². The fourth-order valence-electron chi connectivity index (χ4n) is 5.37. The second-order valence-electron chi connectivity index (χ2n) is 10.7. The average molecular weight is 568 g/mol. The molecule has 41 heavy (non-hydrogen) atoms. The van der Waals surface area contributed by atoms with Gasteiger partial charge in [0.2, 0.25) is 5.91 Å². The lowest BCUT2D eigenvalue weighted by Gasteiger charge is -2.40. The third kappa shape index (κ3) is 6.37. The van der Waals surface area contributed by atoms with Gasteiger partial charge in [0.25, 0.3) is 10.0 Å². The molecule has 1 aliphatic heterocycles. The quantitative estimate of drug-likeness (QED) is 0.272. The first kappa shape index (κ1) is 28.6. The second kappa shape index (κ2) is 12.3. The lowest BCUT2D eigenvalue weighted by atomic mass is 9.96. The lowest BCUT2D eigenvalue weighted by Crippen LogP contribution is -2.52. The van der Waals surface area contributed by atoms with Crippen LogP contribution in [0.1, 0.15) is 33.9 Å². The topological polar surface area (TPSA) is 60.9 Å². The number of carbonyl (C=O) groups excluding carboxylic acids is 1. The smallest absolute Gasteiger partial charge is 0.264 e. The van der Waals surface area contributed by atoms with Crippen LogP contribution in [-0.4, -0.2) is 56.8 Å². The zero-order valence-corrected chi connectivity index (χ0v) is 24.7. The highest BCUT2D eigenvalue weighted by Crippen LogP contribution is 2.30. The van der Waals surface area contributed by atoms with Gasteiger partial charge in [0, 0.05) is 26.2 Å². The number of carbonyl (C=O) groups is 1. The Morgan fingerprint density at radius 3 is 1.83 bits per heavy atom. The molecule has 7 heteroatoms. The van der Waals surface area contributed by atoms with Crippen molar-refractivity contribution < 1.29 is 13.2 Å². The molecule has 0 saturated carbocycles. The second-order valence-corrected chi connectivity index (χ2v) is 12.6. The van der Waals surface area contributed by atoms with Gasteiger partial charge in [-0.05, 0) is 67.3 Å². The van der Waals surface area contributed by atoms with Crippen LogP contribution in [0.25, 0.3) is 0 Å². The van der Waals surface area contributed by atoms with Gasteiger partial charge >= 0.3 is 0 Å². The summed E-state index contributed by atoms with van der Waals surface area (Å²) >= 11 is 0. The molecule has 6 nitrogen and oxygen atoms in total. The third-order valence-electron chi connectivity index (χ3n) is 7.93. The Morgan fingerprint density at radius 2 is 1.29 bits per heavy atom. The van der Waals surface area contributed by atoms with Crippen molar-refractivity contribution in [3.8, 4) is 0 Å². The number of benzene rings is 4. The molecular weight excluding hydrogens is 530 g/mol. The number of sulfonamides is 1. The van der Waals surface area contributed by atoms with Crippen molar-refractivity contribution in [3.63, 3.8) is 0 Å². The summed E-state index contributed by atoms with van der Waals surface area (Å²) in [5, 5.41) is 0. The van der Waals surface area contributed by atoms with Crippen LogP contribution in [-0.2, 0) is 14.8 Å². The Balaban J connectivity index is 1.36. The van der Waals surface area contributed by atoms with Crippen LogP contribution >= 0.6 is 0 Å². The zero-order valence-electron chi connectivity index (χ0n) is 23.9. The van der Waals surface area contributed by atoms with E-state index in [2.05, 4.69) is 53.4 Å². The van der Waals surface area contributed by atoms with Crippen LogP contribution in [0.2, 0.25) is 0 Å². The van der Waals surface area contributed by atoms with Gasteiger partial charge in [-0.15, -0.1) is 0 Å². The molecule has 0 radical (unpaired) electrons. The van der Waals surface area contributed by atoms with Crippen molar-refractivity contribution in [3.05, 3.63) is 131 Å². The molecule has 0 atom stereocenters. The monoisotopic (exact) mass is 567 g/mol. The number of aryl methyl sites for hydroxylation is 3. The Labute approximate surface area is 243 Å². The van der Waals surface area contributed by atoms with Crippen LogP contribution < -0.4 is 4.31 Å². The summed E-state index contributed by atoms with van der Waals surface area (Å²) in [6.07, 6.45) is 0. The van der Waals surface area contributed by atoms with E-state index in [-0.39, 0.29) is 23.4 Å². The Kier molecular flexibility index (Phi) is 8.57. The van der Waals surface area contributed by atoms with Gasteiger partial charge in [-0.1, -0.05) is 84.4 Å². The third-order valence-corrected chi connectivity index (χ3v) is 9.72. The molecule has 0 aromatic heterocycles. The largest absolute Gasteiger partial charge is 0.339 e. The van der Waals surface area contributed by atoms with Crippen LogP contribution in [0.4, 0.5) is 5.69 Å². The Bertz CT molecular complexity index is 1540. The van der Waals surface area contributed by atoms with E-state index in [9.17, 15) is 13.2 Å². The lowest BCUT2D eigenvalue weighted by molar-refractivity contribution is -0.131. The van der Waals surface area contributed by atoms with Gasteiger partial charge in [0.1, 0.15) is 6.54 Å². The number of rotatable bonds is 8. The predicted molar refractivity (Wildman–Crippen MR) is 165 cm³/mol. The standard InChI is InChI=1S/C34H37N3O3S/c1-26-14-18-32(19-15-26)41(39,40)37(31-17-16-27(2)28(3)24-31)25-33(38)35-20-22-36(23-21-35)34(29-10-6-4-7-11-29)30-12-8-5-9-13-30/h4-19,24,34H,20-23,25H2,1-3H3. The van der Waals surface area contributed by atoms with Crippen molar-refractivity contribution in [2.75, 3.05) is 37.0 Å². The van der Waals surface area contributed by atoms with Gasteiger partial charge in [0.05, 0.1) is 16.6 Å². The summed E-state index contributed by atoms with van der Waals surface area (Å²) in [6, 6.07) is 33.2. The number of hydrogen-bond acceptors (Lipinski definition) is 4. The molecule has 1 fully saturated rings. The summed E-state index contributed by atoms with van der Waals surface area (Å²) in [5.41, 5.74) is 5.93. The normalized spacial score (nSPS) is 14.3. The van der Waals surface area contributed by atoms with E-state index in [0.29, 0.717) is 31.9 Å². The number of piperazine rings is 1. The van der Waals surface area contributed by atoms with Crippen molar-refractivity contribution in [2.45, 2.75) is 31.7 Å². The maximum atomic E-state index is 13.9. The van der Waals surface area contributed by atoms with Gasteiger partial charge in [0.15, 0.2) is 0 Å². The summed E-state index contributed by atoms with van der Waals surface area (Å²) in [5.74, 6) is -0.200. The van der Waals surface area contributed by atoms with E-state index in [1.165, 1.54) is 15.4 Å². The van der Waals surface area contributed by atoms with E-state index in [4.69, 9.17) is 0 Å². The maximum absolute atomic E-state index is 13.9. The SMILES string of the molecule is Cc1ccc(S(=O)(=O)N(CC(=O)N2CCN(C(c3ccccc3)c3ccccc3)CC2)c2ccc(C)c(C)c2)cc1. The summed E-state index contributed by atoms with van der Waals surface area (Å²) < 4.78 is 29.0. The van der Waals surface area contributed by atoms with Crippen LogP contribution in [0.5, 0.6) is 0 Å². The van der Waals surface area contributed by atoms with E-state index in [1.807, 2.05) is 45.0 Å². The fourth-order valence-corrected chi connectivity index (χ4v) is 6.78. The number of amides is 1. The molecule has 0 aliphatic carbocycles. The fraction of sp³-hybridized carbons (Fsp3) is 0.265. The highest BCUT2D eigenvalue weighted by atomic mass is 32.2. The molecule has 1 heterocycles. The molecule has 4 aromatic carbocycles. The van der Waals surface area contributed by atoms with Crippen LogP contribution in [0.15, 0.2) is 108 Å². The van der Waals surface area contributed by atoms with E-state index < -0.39 is 10.0 Å². The van der Waals surface area contributed by atoms with Crippen LogP contribution in [0, 0.1) is 20.8 Å². The van der Waals surface area contributed by atoms with Crippen molar-refractivity contribution in [1.29, 1.82) is 0 Å². The van der Waals surface area contributed by atoms with Crippen LogP contribution in [0.3, 0.4) is 0 Å². The number of hydrogen-bond donors (Lipinski definition) is 0. The minimum absolute atomic E-state index is 0.0867. The molecule has 1 saturated heterocycles. The molecule has 1 aliphatic rings. The molecule has 0 unspecified atom stereocenters. The highest BCUT2D eigenvalue weighted by Gasteiger charge is 2.32. The van der Waals surface area contributed by atoms with Crippen molar-refractivity contribution >= 4 is 21.6 Å². The van der Waals surface area contributed by atoms with Gasteiger partial charge < -0.3 is 4.90 Å². The number of nitrogens with zero attached hydrogens (tertiary/aromatic N) is 3. The minimum atomic E-state index is -3.96. The minimum Gasteiger partial charge on any atom is -0.339 e. The molecule has 0 bridgehead atoms. The number of anilines is 1. The Morgan fingerprint density at radius 1 is 0.732 bits per heavy atom. The summed E-state index contributed by atoms with van der Waals surface area (Å²) in [7, 11) is -3.96. The van der Waals surface area contributed by atoms with Crippen molar-refractivity contribution in [2.24, 2.45) is 0 Å². The summed E-state index contributed by atoms with van der Waals surface area (Å²) in [6.45, 7) is 8.04.